The minimum absolute atomic E-state index is 0.0214. The number of carbonyl (C=O) groups is 1. The maximum Gasteiger partial charge on any atom is 0.335 e. The first-order valence-corrected chi connectivity index (χ1v) is 13.0. The summed E-state index contributed by atoms with van der Waals surface area (Å²) >= 11 is 9.74. The summed E-state index contributed by atoms with van der Waals surface area (Å²) in [5.41, 5.74) is 0.803. The van der Waals surface area contributed by atoms with Gasteiger partial charge in [-0.25, -0.2) is 9.78 Å². The lowest BCUT2D eigenvalue weighted by Crippen LogP contribution is -2.22. The number of unbranched alkanes of at least 4 members (excludes halogenated alkanes) is 1. The molecule has 4 aromatic rings. The molecule has 0 bridgehead atoms. The van der Waals surface area contributed by atoms with Crippen LogP contribution < -0.4 is 10.3 Å². The van der Waals surface area contributed by atoms with Crippen LogP contribution in [0.2, 0.25) is 5.02 Å². The highest BCUT2D eigenvalue weighted by atomic mass is 79.9. The molecule has 0 saturated heterocycles. The normalized spacial score (nSPS) is 11.3. The van der Waals surface area contributed by atoms with Crippen LogP contribution >= 0.6 is 27.5 Å². The first-order chi connectivity index (χ1) is 18.7. The largest absolute Gasteiger partial charge is 0.481 e. The fourth-order valence-electron chi connectivity index (χ4n) is 3.79. The Morgan fingerprint density at radius 3 is 2.64 bits per heavy atom. The number of aromatic carboxylic acids is 1. The molecule has 0 aliphatic rings. The van der Waals surface area contributed by atoms with Gasteiger partial charge in [0.05, 0.1) is 32.6 Å². The van der Waals surface area contributed by atoms with E-state index in [1.165, 1.54) is 35.2 Å². The Morgan fingerprint density at radius 2 is 1.97 bits per heavy atom. The summed E-state index contributed by atoms with van der Waals surface area (Å²) in [6.07, 6.45) is 3.53. The molecule has 0 fully saturated rings. The van der Waals surface area contributed by atoms with Crippen molar-refractivity contribution in [3.05, 3.63) is 107 Å². The number of rotatable bonds is 10. The monoisotopic (exact) mass is 612 g/mol. The number of hydrogen-bond donors (Lipinski definition) is 1. The van der Waals surface area contributed by atoms with Crippen LogP contribution in [0, 0.1) is 10.1 Å². The molecule has 0 saturated carbocycles. The smallest absolute Gasteiger partial charge is 0.335 e. The van der Waals surface area contributed by atoms with Gasteiger partial charge in [0, 0.05) is 22.5 Å². The minimum atomic E-state index is -1.06. The highest BCUT2D eigenvalue weighted by Crippen LogP contribution is 2.36. The highest BCUT2D eigenvalue weighted by Gasteiger charge is 2.21. The van der Waals surface area contributed by atoms with E-state index in [0.29, 0.717) is 28.7 Å². The van der Waals surface area contributed by atoms with E-state index in [0.717, 1.165) is 17.3 Å². The number of nitro groups is 1. The van der Waals surface area contributed by atoms with Crippen LogP contribution in [0.3, 0.4) is 0 Å². The molecule has 0 amide bonds. The van der Waals surface area contributed by atoms with E-state index in [4.69, 9.17) is 21.4 Å². The van der Waals surface area contributed by atoms with Crippen molar-refractivity contribution in [1.82, 2.24) is 9.66 Å². The molecule has 39 heavy (non-hydrogen) atoms. The lowest BCUT2D eigenvalue weighted by Gasteiger charge is -2.11. The van der Waals surface area contributed by atoms with Gasteiger partial charge in [0.15, 0.2) is 0 Å². The van der Waals surface area contributed by atoms with Crippen LogP contribution in [0.4, 0.5) is 5.69 Å². The number of benzene rings is 3. The number of aryl methyl sites for hydroxylation is 1. The molecule has 0 unspecified atom stereocenters. The Balaban J connectivity index is 1.67. The molecule has 10 nitrogen and oxygen atoms in total. The second kappa shape index (κ2) is 12.2. The number of nitrogens with zero attached hydrogens (tertiary/aromatic N) is 4. The molecular formula is C27H22BrClN4O6. The molecule has 0 radical (unpaired) electrons. The molecule has 3 aromatic carbocycles. The number of carboxylic acids is 1. The van der Waals surface area contributed by atoms with E-state index in [1.54, 1.807) is 24.3 Å². The average Bonchev–Trinajstić information content (AvgIpc) is 2.91. The van der Waals surface area contributed by atoms with Gasteiger partial charge in [0.1, 0.15) is 12.4 Å². The van der Waals surface area contributed by atoms with Crippen molar-refractivity contribution in [2.24, 2.45) is 5.10 Å². The van der Waals surface area contributed by atoms with Crippen molar-refractivity contribution in [3.8, 4) is 5.75 Å². The standard InChI is InChI=1S/C27H22BrClN4O6/c1-2-3-4-24-31-22-10-9-19(28)13-20(22)26(34)32(24)30-14-17-11-21(29)25(23(12-17)33(37)38)39-15-16-5-7-18(8-6-16)27(35)36/h5-14H,2-4,15H2,1H3,(H,35,36). The van der Waals surface area contributed by atoms with Crippen LogP contribution in [-0.2, 0) is 13.0 Å². The maximum absolute atomic E-state index is 13.3. The molecule has 1 N–H and O–H groups in total. The summed E-state index contributed by atoms with van der Waals surface area (Å²) in [7, 11) is 0. The number of hydrogen-bond acceptors (Lipinski definition) is 7. The summed E-state index contributed by atoms with van der Waals surface area (Å²) in [6, 6.07) is 13.9. The van der Waals surface area contributed by atoms with Crippen LogP contribution in [-0.4, -0.2) is 31.9 Å². The topological polar surface area (TPSA) is 137 Å². The lowest BCUT2D eigenvalue weighted by atomic mass is 10.1. The van der Waals surface area contributed by atoms with Gasteiger partial charge in [0.2, 0.25) is 5.75 Å². The van der Waals surface area contributed by atoms with Gasteiger partial charge in [-0.2, -0.15) is 9.78 Å². The van der Waals surface area contributed by atoms with Gasteiger partial charge in [-0.05, 0) is 48.4 Å². The highest BCUT2D eigenvalue weighted by molar-refractivity contribution is 9.10. The Morgan fingerprint density at radius 1 is 1.23 bits per heavy atom. The molecule has 0 aliphatic heterocycles. The molecule has 0 atom stereocenters. The Kier molecular flexibility index (Phi) is 8.72. The van der Waals surface area contributed by atoms with Crippen molar-refractivity contribution in [2.45, 2.75) is 32.8 Å². The lowest BCUT2D eigenvalue weighted by molar-refractivity contribution is -0.385. The van der Waals surface area contributed by atoms with E-state index in [1.807, 2.05) is 13.0 Å². The summed E-state index contributed by atoms with van der Waals surface area (Å²) in [6.45, 7) is 1.96. The molecule has 12 heteroatoms. The quantitative estimate of drug-likeness (QED) is 0.127. The van der Waals surface area contributed by atoms with Gasteiger partial charge in [-0.1, -0.05) is 53.0 Å². The summed E-state index contributed by atoms with van der Waals surface area (Å²) in [5.74, 6) is -0.730. The number of carboxylic acid groups (broad SMARTS) is 1. The molecular weight excluding hydrogens is 592 g/mol. The number of nitro benzene ring substituents is 1. The van der Waals surface area contributed by atoms with Crippen LogP contribution in [0.25, 0.3) is 10.9 Å². The predicted molar refractivity (Wildman–Crippen MR) is 151 cm³/mol. The zero-order valence-corrected chi connectivity index (χ0v) is 23.0. The molecule has 200 valence electrons. The van der Waals surface area contributed by atoms with Crippen molar-refractivity contribution >= 4 is 56.3 Å². The average molecular weight is 614 g/mol. The van der Waals surface area contributed by atoms with E-state index < -0.39 is 10.9 Å². The van der Waals surface area contributed by atoms with Gasteiger partial charge in [-0.15, -0.1) is 0 Å². The van der Waals surface area contributed by atoms with Crippen molar-refractivity contribution in [2.75, 3.05) is 0 Å². The van der Waals surface area contributed by atoms with Gasteiger partial charge >= 0.3 is 11.7 Å². The van der Waals surface area contributed by atoms with Gasteiger partial charge in [0.25, 0.3) is 5.56 Å². The van der Waals surface area contributed by atoms with Crippen molar-refractivity contribution in [1.29, 1.82) is 0 Å². The van der Waals surface area contributed by atoms with E-state index in [9.17, 15) is 19.7 Å². The Bertz CT molecular complexity index is 1650. The SMILES string of the molecule is CCCCc1nc2ccc(Br)cc2c(=O)n1N=Cc1cc(Cl)c(OCc2ccc(C(=O)O)cc2)c([N+](=O)[O-])c1. The second-order valence-electron chi connectivity index (χ2n) is 8.55. The number of fused-ring (bicyclic) bond motifs is 1. The first kappa shape index (κ1) is 27.9. The van der Waals surface area contributed by atoms with Crippen LogP contribution in [0.1, 0.15) is 47.1 Å². The second-order valence-corrected chi connectivity index (χ2v) is 9.88. The zero-order chi connectivity index (χ0) is 28.1. The fraction of sp³-hybridized carbons (Fsp3) is 0.185. The number of aromatic nitrogens is 2. The van der Waals surface area contributed by atoms with E-state index in [2.05, 4.69) is 26.0 Å². The van der Waals surface area contributed by atoms with Crippen molar-refractivity contribution in [3.63, 3.8) is 0 Å². The third-order valence-corrected chi connectivity index (χ3v) is 6.55. The third-order valence-electron chi connectivity index (χ3n) is 5.78. The number of ether oxygens (including phenoxy) is 1. The van der Waals surface area contributed by atoms with Gasteiger partial charge < -0.3 is 9.84 Å². The van der Waals surface area contributed by atoms with Gasteiger partial charge in [-0.3, -0.25) is 14.9 Å². The predicted octanol–water partition coefficient (Wildman–Crippen LogP) is 6.22. The summed E-state index contributed by atoms with van der Waals surface area (Å²) in [4.78, 5) is 40.1. The molecule has 0 aliphatic carbocycles. The maximum atomic E-state index is 13.3. The summed E-state index contributed by atoms with van der Waals surface area (Å²) in [5, 5.41) is 25.5. The first-order valence-electron chi connectivity index (χ1n) is 11.9. The zero-order valence-electron chi connectivity index (χ0n) is 20.6. The molecule has 1 heterocycles. The van der Waals surface area contributed by atoms with Crippen LogP contribution in [0.15, 0.2) is 69.0 Å². The van der Waals surface area contributed by atoms with E-state index in [-0.39, 0.29) is 39.8 Å². The molecule has 1 aromatic heterocycles. The third kappa shape index (κ3) is 6.50. The number of halogens is 2. The molecule has 0 spiro atoms. The minimum Gasteiger partial charge on any atom is -0.481 e. The fourth-order valence-corrected chi connectivity index (χ4v) is 4.42. The van der Waals surface area contributed by atoms with Crippen molar-refractivity contribution < 1.29 is 19.6 Å². The van der Waals surface area contributed by atoms with Crippen LogP contribution in [0.5, 0.6) is 5.75 Å². The van der Waals surface area contributed by atoms with E-state index >= 15 is 0 Å². The Labute approximate surface area is 235 Å². The molecule has 4 rings (SSSR count). The Hall–Kier alpha value is -4.09. The summed E-state index contributed by atoms with van der Waals surface area (Å²) < 4.78 is 7.57.